The first kappa shape index (κ1) is 10.3. The average molecular weight is 234 g/mol. The van der Waals surface area contributed by atoms with Gasteiger partial charge in [-0.05, 0) is 19.8 Å². The van der Waals surface area contributed by atoms with Gasteiger partial charge < -0.3 is 4.52 Å². The summed E-state index contributed by atoms with van der Waals surface area (Å²) < 4.78 is 8.38. The molecule has 6 nitrogen and oxygen atoms in total. The molecule has 0 saturated heterocycles. The van der Waals surface area contributed by atoms with Crippen LogP contribution in [0.2, 0.25) is 0 Å². The van der Waals surface area contributed by atoms with Crippen LogP contribution in [0.3, 0.4) is 0 Å². The molecule has 1 aliphatic rings. The highest BCUT2D eigenvalue weighted by atomic mass is 16.5. The Balaban J connectivity index is 1.80. The van der Waals surface area contributed by atoms with E-state index in [9.17, 15) is 4.79 Å². The number of aryl methyl sites for hydroxylation is 1. The Morgan fingerprint density at radius 3 is 2.82 bits per heavy atom. The maximum absolute atomic E-state index is 11.8. The average Bonchev–Trinajstić information content (AvgIpc) is 2.99. The molecule has 0 spiro atoms. The highest BCUT2D eigenvalue weighted by Gasteiger charge is 2.29. The molecule has 6 heteroatoms. The Kier molecular flexibility index (Phi) is 2.35. The highest BCUT2D eigenvalue weighted by Crippen LogP contribution is 2.38. The Morgan fingerprint density at radius 1 is 1.41 bits per heavy atom. The van der Waals surface area contributed by atoms with Crippen LogP contribution < -0.4 is 5.69 Å². The maximum Gasteiger partial charge on any atom is 0.328 e. The molecule has 2 aromatic rings. The lowest BCUT2D eigenvalue weighted by molar-refractivity contribution is 0.373. The zero-order valence-electron chi connectivity index (χ0n) is 9.67. The zero-order chi connectivity index (χ0) is 11.8. The van der Waals surface area contributed by atoms with Gasteiger partial charge in [-0.1, -0.05) is 5.16 Å². The Hall–Kier alpha value is -1.85. The summed E-state index contributed by atoms with van der Waals surface area (Å²) in [4.78, 5) is 16.1. The van der Waals surface area contributed by atoms with E-state index in [1.807, 2.05) is 6.92 Å². The van der Waals surface area contributed by atoms with E-state index in [2.05, 4.69) is 10.1 Å². The third kappa shape index (κ3) is 1.90. The van der Waals surface area contributed by atoms with Gasteiger partial charge in [0.1, 0.15) is 0 Å². The fraction of sp³-hybridized carbons (Fsp3) is 0.545. The molecule has 0 N–H and O–H groups in total. The van der Waals surface area contributed by atoms with Crippen LogP contribution in [0.15, 0.2) is 21.7 Å². The maximum atomic E-state index is 11.8. The molecule has 2 aromatic heterocycles. The molecule has 17 heavy (non-hydrogen) atoms. The Morgan fingerprint density at radius 2 is 2.18 bits per heavy atom. The molecule has 2 heterocycles. The van der Waals surface area contributed by atoms with Crippen LogP contribution >= 0.6 is 0 Å². The van der Waals surface area contributed by atoms with E-state index in [0.717, 1.165) is 12.8 Å². The van der Waals surface area contributed by atoms with Crippen molar-refractivity contribution in [2.24, 2.45) is 0 Å². The highest BCUT2D eigenvalue weighted by molar-refractivity contribution is 5.02. The lowest BCUT2D eigenvalue weighted by atomic mass is 10.4. The van der Waals surface area contributed by atoms with Crippen LogP contribution in [0.4, 0.5) is 0 Å². The molecule has 0 atom stereocenters. The third-order valence-corrected chi connectivity index (χ3v) is 2.98. The molecule has 1 saturated carbocycles. The van der Waals surface area contributed by atoms with Crippen molar-refractivity contribution < 1.29 is 4.52 Å². The summed E-state index contributed by atoms with van der Waals surface area (Å²) in [5, 5.41) is 3.89. The molecule has 1 aliphatic carbocycles. The molecule has 0 amide bonds. The third-order valence-electron chi connectivity index (χ3n) is 2.98. The van der Waals surface area contributed by atoms with Gasteiger partial charge in [-0.15, -0.1) is 0 Å². The lowest BCUT2D eigenvalue weighted by Gasteiger charge is -1.95. The van der Waals surface area contributed by atoms with Crippen LogP contribution in [0.1, 0.15) is 37.4 Å². The minimum Gasteiger partial charge on any atom is -0.339 e. The van der Waals surface area contributed by atoms with E-state index >= 15 is 0 Å². The van der Waals surface area contributed by atoms with Gasteiger partial charge >= 0.3 is 5.69 Å². The topological polar surface area (TPSA) is 65.8 Å². The van der Waals surface area contributed by atoms with E-state index in [4.69, 9.17) is 4.52 Å². The summed E-state index contributed by atoms with van der Waals surface area (Å²) in [6.45, 7) is 2.98. The largest absolute Gasteiger partial charge is 0.339 e. The summed E-state index contributed by atoms with van der Waals surface area (Å²) in [6, 6.07) is 0. The van der Waals surface area contributed by atoms with Gasteiger partial charge in [0.05, 0.1) is 6.54 Å². The van der Waals surface area contributed by atoms with Crippen molar-refractivity contribution in [3.63, 3.8) is 0 Å². The second kappa shape index (κ2) is 3.87. The monoisotopic (exact) mass is 234 g/mol. The molecule has 0 aliphatic heterocycles. The fourth-order valence-electron chi connectivity index (χ4n) is 1.79. The van der Waals surface area contributed by atoms with Crippen molar-refractivity contribution >= 4 is 0 Å². The Bertz CT molecular complexity index is 576. The Labute approximate surface area is 97.9 Å². The summed E-state index contributed by atoms with van der Waals surface area (Å²) in [7, 11) is 0. The SMILES string of the molecule is CCn1ccn(Cc2noc(C3CC3)n2)c1=O. The predicted octanol–water partition coefficient (Wildman–Crippen LogP) is 0.978. The van der Waals surface area contributed by atoms with E-state index in [1.54, 1.807) is 21.5 Å². The summed E-state index contributed by atoms with van der Waals surface area (Å²) >= 11 is 0. The van der Waals surface area contributed by atoms with Gasteiger partial charge in [0.25, 0.3) is 0 Å². The van der Waals surface area contributed by atoms with Crippen molar-refractivity contribution in [2.45, 2.75) is 38.8 Å². The molecule has 0 aromatic carbocycles. The summed E-state index contributed by atoms with van der Waals surface area (Å²) in [6.07, 6.45) is 5.78. The van der Waals surface area contributed by atoms with Gasteiger partial charge in [0.15, 0.2) is 5.82 Å². The molecule has 0 unspecified atom stereocenters. The van der Waals surface area contributed by atoms with Crippen LogP contribution in [0.25, 0.3) is 0 Å². The second-order valence-corrected chi connectivity index (χ2v) is 4.32. The standard InChI is InChI=1S/C11H14N4O2/c1-2-14-5-6-15(11(14)16)7-9-12-10(17-13-9)8-3-4-8/h5-6,8H,2-4,7H2,1H3. The molecule has 3 rings (SSSR count). The van der Waals surface area contributed by atoms with Crippen LogP contribution in [0, 0.1) is 0 Å². The second-order valence-electron chi connectivity index (χ2n) is 4.32. The van der Waals surface area contributed by atoms with Crippen molar-refractivity contribution in [3.05, 3.63) is 34.6 Å². The zero-order valence-corrected chi connectivity index (χ0v) is 9.67. The van der Waals surface area contributed by atoms with Gasteiger partial charge in [-0.3, -0.25) is 9.13 Å². The van der Waals surface area contributed by atoms with Crippen molar-refractivity contribution in [3.8, 4) is 0 Å². The molecule has 0 radical (unpaired) electrons. The molecule has 90 valence electrons. The molecular formula is C11H14N4O2. The number of nitrogens with zero attached hydrogens (tertiary/aromatic N) is 4. The first-order valence-electron chi connectivity index (χ1n) is 5.86. The first-order valence-corrected chi connectivity index (χ1v) is 5.86. The van der Waals surface area contributed by atoms with E-state index in [0.29, 0.717) is 30.7 Å². The van der Waals surface area contributed by atoms with Gasteiger partial charge in [-0.25, -0.2) is 4.79 Å². The van der Waals surface area contributed by atoms with Crippen LogP contribution in [-0.4, -0.2) is 19.3 Å². The molecular weight excluding hydrogens is 220 g/mol. The van der Waals surface area contributed by atoms with Crippen LogP contribution in [0.5, 0.6) is 0 Å². The van der Waals surface area contributed by atoms with E-state index < -0.39 is 0 Å². The minimum atomic E-state index is -0.0368. The van der Waals surface area contributed by atoms with E-state index in [-0.39, 0.29) is 5.69 Å². The first-order chi connectivity index (χ1) is 8.28. The van der Waals surface area contributed by atoms with Gasteiger partial charge in [0, 0.05) is 24.9 Å². The van der Waals surface area contributed by atoms with Crippen molar-refractivity contribution in [1.29, 1.82) is 0 Å². The number of rotatable bonds is 4. The number of aromatic nitrogens is 4. The van der Waals surface area contributed by atoms with Crippen molar-refractivity contribution in [1.82, 2.24) is 19.3 Å². The summed E-state index contributed by atoms with van der Waals surface area (Å²) in [5.41, 5.74) is -0.0368. The number of hydrogen-bond donors (Lipinski definition) is 0. The molecule has 1 fully saturated rings. The smallest absolute Gasteiger partial charge is 0.328 e. The van der Waals surface area contributed by atoms with Crippen molar-refractivity contribution in [2.75, 3.05) is 0 Å². The molecule has 0 bridgehead atoms. The van der Waals surface area contributed by atoms with Gasteiger partial charge in [-0.2, -0.15) is 4.98 Å². The summed E-state index contributed by atoms with van der Waals surface area (Å²) in [5.74, 6) is 1.74. The predicted molar refractivity (Wildman–Crippen MR) is 59.7 cm³/mol. The lowest BCUT2D eigenvalue weighted by Crippen LogP contribution is -2.24. The quantitative estimate of drug-likeness (QED) is 0.790. The van der Waals surface area contributed by atoms with E-state index in [1.165, 1.54) is 0 Å². The number of imidazole rings is 1. The fourth-order valence-corrected chi connectivity index (χ4v) is 1.79. The van der Waals surface area contributed by atoms with Crippen LogP contribution in [-0.2, 0) is 13.1 Å². The normalized spacial score (nSPS) is 15.4. The number of hydrogen-bond acceptors (Lipinski definition) is 4. The van der Waals surface area contributed by atoms with Gasteiger partial charge in [0.2, 0.25) is 5.89 Å². The minimum absolute atomic E-state index is 0.0368.